The Morgan fingerprint density at radius 3 is 2.89 bits per heavy atom. The van der Waals surface area contributed by atoms with Crippen molar-refractivity contribution in [1.29, 1.82) is 0 Å². The minimum Gasteiger partial charge on any atom is -0.392 e. The molecule has 1 nitrogen and oxygen atoms in total. The third-order valence-corrected chi connectivity index (χ3v) is 4.69. The Hall–Kier alpha value is -0.890. The molecule has 0 amide bonds. The van der Waals surface area contributed by atoms with Gasteiger partial charge in [0.25, 0.3) is 0 Å². The van der Waals surface area contributed by atoms with Crippen molar-refractivity contribution >= 4 is 0 Å². The monoisotopic (exact) mass is 264 g/mol. The van der Waals surface area contributed by atoms with Crippen LogP contribution in [0, 0.1) is 24.6 Å². The summed E-state index contributed by atoms with van der Waals surface area (Å²) in [4.78, 5) is 0. The summed E-state index contributed by atoms with van der Waals surface area (Å²) in [6.07, 6.45) is 6.25. The zero-order chi connectivity index (χ0) is 13.8. The van der Waals surface area contributed by atoms with Crippen molar-refractivity contribution in [2.24, 2.45) is 11.8 Å². The van der Waals surface area contributed by atoms with Gasteiger partial charge in [0, 0.05) is 0 Å². The maximum absolute atomic E-state index is 13.3. The average Bonchev–Trinajstić information content (AvgIpc) is 2.43. The van der Waals surface area contributed by atoms with Crippen LogP contribution in [0.4, 0.5) is 4.39 Å². The normalized spacial score (nSPS) is 25.3. The summed E-state index contributed by atoms with van der Waals surface area (Å²) >= 11 is 0. The number of halogens is 1. The third kappa shape index (κ3) is 3.79. The lowest BCUT2D eigenvalue weighted by molar-refractivity contribution is 0.0683. The highest BCUT2D eigenvalue weighted by atomic mass is 19.1. The van der Waals surface area contributed by atoms with E-state index in [0.29, 0.717) is 12.3 Å². The molecule has 0 saturated heterocycles. The van der Waals surface area contributed by atoms with Crippen molar-refractivity contribution in [3.05, 3.63) is 35.1 Å². The van der Waals surface area contributed by atoms with Gasteiger partial charge in [-0.15, -0.1) is 0 Å². The Morgan fingerprint density at radius 2 is 2.16 bits per heavy atom. The zero-order valence-electron chi connectivity index (χ0n) is 12.0. The Balaban J connectivity index is 2.00. The van der Waals surface area contributed by atoms with Crippen LogP contribution >= 0.6 is 0 Å². The predicted molar refractivity (Wildman–Crippen MR) is 76.6 cm³/mol. The van der Waals surface area contributed by atoms with E-state index in [1.54, 1.807) is 12.1 Å². The Labute approximate surface area is 115 Å². The number of aryl methyl sites for hydroxylation is 1. The Bertz CT molecular complexity index is 416. The number of benzene rings is 1. The molecule has 1 aliphatic rings. The van der Waals surface area contributed by atoms with Crippen LogP contribution in [0.1, 0.15) is 50.2 Å². The fourth-order valence-electron chi connectivity index (χ4n) is 3.30. The molecule has 0 radical (unpaired) electrons. The van der Waals surface area contributed by atoms with E-state index in [2.05, 4.69) is 6.92 Å². The van der Waals surface area contributed by atoms with Crippen LogP contribution in [0.5, 0.6) is 0 Å². The second-order valence-electron chi connectivity index (χ2n) is 6.04. The summed E-state index contributed by atoms with van der Waals surface area (Å²) in [6.45, 7) is 4.22. The summed E-state index contributed by atoms with van der Waals surface area (Å²) in [7, 11) is 0. The Kier molecular flexibility index (Phi) is 4.98. The van der Waals surface area contributed by atoms with Crippen LogP contribution in [0.3, 0.4) is 0 Å². The average molecular weight is 264 g/mol. The van der Waals surface area contributed by atoms with Crippen LogP contribution in [0.15, 0.2) is 18.2 Å². The molecule has 0 heterocycles. The SMILES string of the molecule is CCC1CCCC(C(O)Cc2cc(F)ccc2C)C1. The minimum absolute atomic E-state index is 0.206. The maximum atomic E-state index is 13.3. The number of aliphatic hydroxyl groups is 1. The number of aliphatic hydroxyl groups excluding tert-OH is 1. The van der Waals surface area contributed by atoms with E-state index >= 15 is 0 Å². The van der Waals surface area contributed by atoms with Crippen molar-refractivity contribution in [2.75, 3.05) is 0 Å². The van der Waals surface area contributed by atoms with Gasteiger partial charge in [0.15, 0.2) is 0 Å². The molecular weight excluding hydrogens is 239 g/mol. The highest BCUT2D eigenvalue weighted by Gasteiger charge is 2.26. The van der Waals surface area contributed by atoms with E-state index < -0.39 is 0 Å². The van der Waals surface area contributed by atoms with Crippen molar-refractivity contribution in [2.45, 2.75) is 58.5 Å². The largest absolute Gasteiger partial charge is 0.392 e. The second kappa shape index (κ2) is 6.51. The highest BCUT2D eigenvalue weighted by molar-refractivity contribution is 5.27. The number of hydrogen-bond donors (Lipinski definition) is 1. The zero-order valence-corrected chi connectivity index (χ0v) is 12.0. The van der Waals surface area contributed by atoms with Crippen molar-refractivity contribution in [3.63, 3.8) is 0 Å². The first-order valence-corrected chi connectivity index (χ1v) is 7.53. The van der Waals surface area contributed by atoms with Crippen molar-refractivity contribution in [3.8, 4) is 0 Å². The lowest BCUT2D eigenvalue weighted by Crippen LogP contribution is -2.28. The van der Waals surface area contributed by atoms with Crippen molar-refractivity contribution in [1.82, 2.24) is 0 Å². The molecule has 1 saturated carbocycles. The summed E-state index contributed by atoms with van der Waals surface area (Å²) in [5, 5.41) is 10.4. The molecular formula is C17H25FO. The lowest BCUT2D eigenvalue weighted by Gasteiger charge is -2.32. The topological polar surface area (TPSA) is 20.2 Å². The highest BCUT2D eigenvalue weighted by Crippen LogP contribution is 2.34. The molecule has 1 aliphatic carbocycles. The summed E-state index contributed by atoms with van der Waals surface area (Å²) in [5.41, 5.74) is 2.02. The summed E-state index contributed by atoms with van der Waals surface area (Å²) in [6, 6.07) is 4.85. The van der Waals surface area contributed by atoms with E-state index in [1.165, 1.54) is 25.3 Å². The predicted octanol–water partition coefficient (Wildman–Crippen LogP) is 4.25. The van der Waals surface area contributed by atoms with Gasteiger partial charge in [0.1, 0.15) is 5.82 Å². The molecule has 0 aliphatic heterocycles. The van der Waals surface area contributed by atoms with Gasteiger partial charge in [0.2, 0.25) is 0 Å². The van der Waals surface area contributed by atoms with Crippen molar-refractivity contribution < 1.29 is 9.50 Å². The van der Waals surface area contributed by atoms with Gasteiger partial charge in [-0.3, -0.25) is 0 Å². The van der Waals surface area contributed by atoms with Gasteiger partial charge in [-0.1, -0.05) is 32.3 Å². The Morgan fingerprint density at radius 1 is 1.37 bits per heavy atom. The van der Waals surface area contributed by atoms with Gasteiger partial charge in [-0.05, 0) is 61.3 Å². The first kappa shape index (κ1) is 14.5. The van der Waals surface area contributed by atoms with E-state index in [0.717, 1.165) is 29.9 Å². The smallest absolute Gasteiger partial charge is 0.123 e. The lowest BCUT2D eigenvalue weighted by atomic mass is 9.76. The molecule has 0 bridgehead atoms. The fraction of sp³-hybridized carbons (Fsp3) is 0.647. The molecule has 1 fully saturated rings. The van der Waals surface area contributed by atoms with Crippen LogP contribution in [-0.4, -0.2) is 11.2 Å². The molecule has 0 spiro atoms. The van der Waals surface area contributed by atoms with Gasteiger partial charge >= 0.3 is 0 Å². The minimum atomic E-state index is -0.324. The molecule has 3 unspecified atom stereocenters. The number of hydrogen-bond acceptors (Lipinski definition) is 1. The first-order chi connectivity index (χ1) is 9.10. The fourth-order valence-corrected chi connectivity index (χ4v) is 3.30. The quantitative estimate of drug-likeness (QED) is 0.861. The van der Waals surface area contributed by atoms with Crippen LogP contribution < -0.4 is 0 Å². The molecule has 3 atom stereocenters. The molecule has 106 valence electrons. The maximum Gasteiger partial charge on any atom is 0.123 e. The molecule has 1 aromatic carbocycles. The first-order valence-electron chi connectivity index (χ1n) is 7.53. The molecule has 2 heteroatoms. The third-order valence-electron chi connectivity index (χ3n) is 4.69. The van der Waals surface area contributed by atoms with Gasteiger partial charge in [-0.2, -0.15) is 0 Å². The summed E-state index contributed by atoms with van der Waals surface area (Å²) in [5.74, 6) is 0.950. The van der Waals surface area contributed by atoms with Gasteiger partial charge < -0.3 is 5.11 Å². The number of rotatable bonds is 4. The molecule has 1 N–H and O–H groups in total. The van der Waals surface area contributed by atoms with Crippen LogP contribution in [0.2, 0.25) is 0 Å². The van der Waals surface area contributed by atoms with Gasteiger partial charge in [0.05, 0.1) is 6.10 Å². The van der Waals surface area contributed by atoms with E-state index in [9.17, 15) is 9.50 Å². The van der Waals surface area contributed by atoms with E-state index in [4.69, 9.17) is 0 Å². The molecule has 1 aromatic rings. The van der Waals surface area contributed by atoms with E-state index in [-0.39, 0.29) is 11.9 Å². The van der Waals surface area contributed by atoms with E-state index in [1.807, 2.05) is 6.92 Å². The van der Waals surface area contributed by atoms with Gasteiger partial charge in [-0.25, -0.2) is 4.39 Å². The van der Waals surface area contributed by atoms with Crippen LogP contribution in [-0.2, 0) is 6.42 Å². The molecule has 0 aromatic heterocycles. The standard InChI is InChI=1S/C17H25FO/c1-3-13-5-4-6-14(9-13)17(19)11-15-10-16(18)8-7-12(15)2/h7-8,10,13-14,17,19H,3-6,9,11H2,1-2H3. The van der Waals surface area contributed by atoms with Crippen LogP contribution in [0.25, 0.3) is 0 Å². The second-order valence-corrected chi connectivity index (χ2v) is 6.04. The molecule has 2 rings (SSSR count). The molecule has 19 heavy (non-hydrogen) atoms. The summed E-state index contributed by atoms with van der Waals surface area (Å²) < 4.78 is 13.3.